The van der Waals surface area contributed by atoms with Gasteiger partial charge in [-0.1, -0.05) is 22.8 Å². The molecule has 1 aromatic carbocycles. The average Bonchev–Trinajstić information content (AvgIpc) is 2.83. The number of rotatable bonds is 4. The van der Waals surface area contributed by atoms with Gasteiger partial charge in [-0.2, -0.15) is 4.98 Å². The maximum absolute atomic E-state index is 6.14. The van der Waals surface area contributed by atoms with Gasteiger partial charge in [0.05, 0.1) is 11.3 Å². The first-order valence-electron chi connectivity index (χ1n) is 6.16. The van der Waals surface area contributed by atoms with Crippen LogP contribution < -0.4 is 5.73 Å². The quantitative estimate of drug-likeness (QED) is 0.876. The number of hydrogen-bond donors (Lipinski definition) is 1. The summed E-state index contributed by atoms with van der Waals surface area (Å²) >= 11 is 7.56. The van der Waals surface area contributed by atoms with Gasteiger partial charge in [-0.25, -0.2) is 0 Å². The first-order chi connectivity index (χ1) is 9.16. The second-order valence-corrected chi connectivity index (χ2v) is 6.26. The number of hydrogen-bond acceptors (Lipinski definition) is 5. The Bertz CT molecular complexity index is 583. The second-order valence-electron chi connectivity index (χ2n) is 4.77. The molecule has 0 spiro atoms. The molecule has 1 aromatic heterocycles. The van der Waals surface area contributed by atoms with Gasteiger partial charge < -0.3 is 10.3 Å². The van der Waals surface area contributed by atoms with Crippen LogP contribution in [0.25, 0.3) is 0 Å². The van der Waals surface area contributed by atoms with Gasteiger partial charge in [-0.05, 0) is 37.5 Å². The summed E-state index contributed by atoms with van der Waals surface area (Å²) in [6.07, 6.45) is 2.98. The number of thioether (sulfide) groups is 1. The lowest BCUT2D eigenvalue weighted by molar-refractivity contribution is 0.181. The Morgan fingerprint density at radius 2 is 2.26 bits per heavy atom. The highest BCUT2D eigenvalue weighted by Gasteiger charge is 2.39. The highest BCUT2D eigenvalue weighted by Crippen LogP contribution is 2.37. The third kappa shape index (κ3) is 2.78. The summed E-state index contributed by atoms with van der Waals surface area (Å²) in [4.78, 5) is 5.47. The molecule has 4 nitrogen and oxygen atoms in total. The summed E-state index contributed by atoms with van der Waals surface area (Å²) in [6.45, 7) is 0. The molecule has 1 fully saturated rings. The van der Waals surface area contributed by atoms with Crippen LogP contribution in [0.5, 0.6) is 0 Å². The van der Waals surface area contributed by atoms with Crippen molar-refractivity contribution in [2.45, 2.75) is 35.4 Å². The Hall–Kier alpha value is -1.04. The standard InChI is InChI=1S/C13H14ClN3OS/c14-9-3-1-4-10(7-9)19-8-11-16-12(18-17-11)13(15)5-2-6-13/h1,3-4,7H,2,5-6,8,15H2. The lowest BCUT2D eigenvalue weighted by atomic mass is 9.78. The van der Waals surface area contributed by atoms with Crippen molar-refractivity contribution in [2.24, 2.45) is 5.73 Å². The van der Waals surface area contributed by atoms with Crippen molar-refractivity contribution in [2.75, 3.05) is 0 Å². The molecule has 0 amide bonds. The molecule has 0 aliphatic heterocycles. The van der Waals surface area contributed by atoms with Gasteiger partial charge in [-0.3, -0.25) is 0 Å². The minimum Gasteiger partial charge on any atom is -0.337 e. The van der Waals surface area contributed by atoms with E-state index in [2.05, 4.69) is 10.1 Å². The van der Waals surface area contributed by atoms with E-state index in [0.29, 0.717) is 17.5 Å². The first kappa shape index (κ1) is 13.0. The number of halogens is 1. The Morgan fingerprint density at radius 1 is 1.42 bits per heavy atom. The normalized spacial score (nSPS) is 17.2. The molecule has 100 valence electrons. The smallest absolute Gasteiger partial charge is 0.246 e. The largest absolute Gasteiger partial charge is 0.337 e. The molecule has 1 heterocycles. The summed E-state index contributed by atoms with van der Waals surface area (Å²) in [7, 11) is 0. The SMILES string of the molecule is NC1(c2nc(CSc3cccc(Cl)c3)no2)CCC1. The van der Waals surface area contributed by atoms with Crippen molar-refractivity contribution < 1.29 is 4.52 Å². The van der Waals surface area contributed by atoms with Crippen molar-refractivity contribution >= 4 is 23.4 Å². The Kier molecular flexibility index (Phi) is 3.52. The van der Waals surface area contributed by atoms with Crippen molar-refractivity contribution in [3.8, 4) is 0 Å². The Morgan fingerprint density at radius 3 is 2.95 bits per heavy atom. The fourth-order valence-corrected chi connectivity index (χ4v) is 3.04. The van der Waals surface area contributed by atoms with Crippen LogP contribution >= 0.6 is 23.4 Å². The van der Waals surface area contributed by atoms with E-state index < -0.39 is 0 Å². The summed E-state index contributed by atoms with van der Waals surface area (Å²) in [5.41, 5.74) is 5.76. The van der Waals surface area contributed by atoms with Crippen LogP contribution in [-0.2, 0) is 11.3 Å². The van der Waals surface area contributed by atoms with Crippen molar-refractivity contribution in [1.29, 1.82) is 0 Å². The molecule has 6 heteroatoms. The van der Waals surface area contributed by atoms with Crippen LogP contribution in [0.1, 0.15) is 31.0 Å². The van der Waals surface area contributed by atoms with E-state index >= 15 is 0 Å². The molecule has 2 aromatic rings. The molecule has 3 rings (SSSR count). The monoisotopic (exact) mass is 295 g/mol. The predicted molar refractivity (Wildman–Crippen MR) is 75.0 cm³/mol. The van der Waals surface area contributed by atoms with Crippen LogP contribution in [0.4, 0.5) is 0 Å². The molecule has 2 N–H and O–H groups in total. The Labute approximate surface area is 120 Å². The third-order valence-corrected chi connectivity index (χ3v) is 4.53. The third-order valence-electron chi connectivity index (χ3n) is 3.30. The molecule has 0 radical (unpaired) electrons. The fraction of sp³-hybridized carbons (Fsp3) is 0.385. The summed E-state index contributed by atoms with van der Waals surface area (Å²) in [5, 5.41) is 4.71. The topological polar surface area (TPSA) is 64.9 Å². The van der Waals surface area contributed by atoms with Gasteiger partial charge >= 0.3 is 0 Å². The van der Waals surface area contributed by atoms with Gasteiger partial charge in [0.15, 0.2) is 5.82 Å². The molecular weight excluding hydrogens is 282 g/mol. The van der Waals surface area contributed by atoms with Crippen molar-refractivity contribution in [3.63, 3.8) is 0 Å². The molecule has 1 aliphatic carbocycles. The minimum atomic E-state index is -0.383. The van der Waals surface area contributed by atoms with Gasteiger partial charge in [-0.15, -0.1) is 11.8 Å². The van der Waals surface area contributed by atoms with Crippen molar-refractivity contribution in [3.05, 3.63) is 41.0 Å². The average molecular weight is 296 g/mol. The molecule has 19 heavy (non-hydrogen) atoms. The van der Waals surface area contributed by atoms with Crippen LogP contribution in [0, 0.1) is 0 Å². The molecule has 0 bridgehead atoms. The fourth-order valence-electron chi connectivity index (χ4n) is 1.99. The molecule has 0 unspecified atom stereocenters. The maximum Gasteiger partial charge on any atom is 0.246 e. The lowest BCUT2D eigenvalue weighted by Crippen LogP contribution is -2.43. The molecule has 1 saturated carbocycles. The Balaban J connectivity index is 1.64. The minimum absolute atomic E-state index is 0.383. The second kappa shape index (κ2) is 5.15. The van der Waals surface area contributed by atoms with Crippen LogP contribution in [0.3, 0.4) is 0 Å². The van der Waals surface area contributed by atoms with E-state index in [9.17, 15) is 0 Å². The van der Waals surface area contributed by atoms with Crippen LogP contribution in [0.15, 0.2) is 33.7 Å². The predicted octanol–water partition coefficient (Wildman–Crippen LogP) is 3.35. The molecule has 0 atom stereocenters. The van der Waals surface area contributed by atoms with E-state index in [1.165, 1.54) is 0 Å². The van der Waals surface area contributed by atoms with E-state index in [1.54, 1.807) is 11.8 Å². The van der Waals surface area contributed by atoms with E-state index in [-0.39, 0.29) is 5.54 Å². The number of aromatic nitrogens is 2. The summed E-state index contributed by atoms with van der Waals surface area (Å²) in [6, 6.07) is 7.71. The maximum atomic E-state index is 6.14. The summed E-state index contributed by atoms with van der Waals surface area (Å²) < 4.78 is 5.26. The molecular formula is C13H14ClN3OS. The van der Waals surface area contributed by atoms with E-state index in [1.807, 2.05) is 24.3 Å². The van der Waals surface area contributed by atoms with Gasteiger partial charge in [0.25, 0.3) is 0 Å². The lowest BCUT2D eigenvalue weighted by Gasteiger charge is -2.33. The van der Waals surface area contributed by atoms with Crippen LogP contribution in [-0.4, -0.2) is 10.1 Å². The number of benzene rings is 1. The zero-order chi connectivity index (χ0) is 13.3. The number of nitrogens with zero attached hydrogens (tertiary/aromatic N) is 2. The van der Waals surface area contributed by atoms with E-state index in [0.717, 1.165) is 29.2 Å². The molecule has 0 saturated heterocycles. The summed E-state index contributed by atoms with van der Waals surface area (Å²) in [5.74, 6) is 1.90. The molecule has 1 aliphatic rings. The zero-order valence-electron chi connectivity index (χ0n) is 10.3. The number of nitrogens with two attached hydrogens (primary N) is 1. The highest BCUT2D eigenvalue weighted by atomic mass is 35.5. The van der Waals surface area contributed by atoms with Gasteiger partial charge in [0.1, 0.15) is 0 Å². The van der Waals surface area contributed by atoms with Crippen LogP contribution in [0.2, 0.25) is 5.02 Å². The van der Waals surface area contributed by atoms with Gasteiger partial charge in [0, 0.05) is 9.92 Å². The zero-order valence-corrected chi connectivity index (χ0v) is 11.9. The van der Waals surface area contributed by atoms with Gasteiger partial charge in [0.2, 0.25) is 5.89 Å². The van der Waals surface area contributed by atoms with Crippen molar-refractivity contribution in [1.82, 2.24) is 10.1 Å². The van der Waals surface area contributed by atoms with E-state index in [4.69, 9.17) is 21.9 Å². The first-order valence-corrected chi connectivity index (χ1v) is 7.52. The highest BCUT2D eigenvalue weighted by molar-refractivity contribution is 7.98.